The first-order valence-corrected chi connectivity index (χ1v) is 12.3. The number of esters is 1. The lowest BCUT2D eigenvalue weighted by Crippen LogP contribution is -2.40. The molecule has 2 heterocycles. The van der Waals surface area contributed by atoms with Crippen molar-refractivity contribution < 1.29 is 19.4 Å². The lowest BCUT2D eigenvalue weighted by Gasteiger charge is -2.26. The predicted molar refractivity (Wildman–Crippen MR) is 139 cm³/mol. The van der Waals surface area contributed by atoms with Gasteiger partial charge in [-0.25, -0.2) is 9.79 Å². The normalized spacial score (nSPS) is 15.5. The summed E-state index contributed by atoms with van der Waals surface area (Å²) in [6.45, 7) is 3.70. The number of benzene rings is 3. The minimum Gasteiger partial charge on any atom is -0.507 e. The summed E-state index contributed by atoms with van der Waals surface area (Å²) in [4.78, 5) is 32.1. The van der Waals surface area contributed by atoms with Crippen molar-refractivity contribution in [1.29, 1.82) is 0 Å². The van der Waals surface area contributed by atoms with Gasteiger partial charge in [-0.1, -0.05) is 59.9 Å². The first-order chi connectivity index (χ1) is 17.4. The van der Waals surface area contributed by atoms with Crippen LogP contribution in [0.1, 0.15) is 31.0 Å². The van der Waals surface area contributed by atoms with Gasteiger partial charge in [-0.2, -0.15) is 0 Å². The number of carbonyl (C=O) groups excluding carboxylic acids is 1. The van der Waals surface area contributed by atoms with E-state index in [-0.39, 0.29) is 17.9 Å². The number of thiazole rings is 1. The van der Waals surface area contributed by atoms with Crippen LogP contribution in [0.5, 0.6) is 11.5 Å². The number of methoxy groups -OCH3 is 1. The number of nitrogens with zero attached hydrogens (tertiary/aromatic N) is 2. The van der Waals surface area contributed by atoms with Gasteiger partial charge in [0.25, 0.3) is 5.56 Å². The third kappa shape index (κ3) is 3.89. The van der Waals surface area contributed by atoms with E-state index in [9.17, 15) is 14.7 Å². The number of aromatic nitrogens is 1. The molecule has 36 heavy (non-hydrogen) atoms. The quantitative estimate of drug-likeness (QED) is 0.423. The third-order valence-corrected chi connectivity index (χ3v) is 7.16. The maximum Gasteiger partial charge on any atom is 0.338 e. The Hall–Kier alpha value is -4.17. The number of carbonyl (C=O) groups is 1. The van der Waals surface area contributed by atoms with Crippen LogP contribution in [0.25, 0.3) is 16.8 Å². The van der Waals surface area contributed by atoms with Gasteiger partial charge in [0, 0.05) is 10.9 Å². The number of ether oxygens (including phenoxy) is 2. The van der Waals surface area contributed by atoms with Crippen molar-refractivity contribution >= 4 is 34.2 Å². The van der Waals surface area contributed by atoms with Gasteiger partial charge in [-0.05, 0) is 43.0 Å². The molecule has 0 saturated carbocycles. The minimum absolute atomic E-state index is 0.0735. The van der Waals surface area contributed by atoms with Gasteiger partial charge in [-0.3, -0.25) is 9.36 Å². The molecule has 3 aromatic carbocycles. The molecule has 0 radical (unpaired) electrons. The lowest BCUT2D eigenvalue weighted by molar-refractivity contribution is -0.139. The van der Waals surface area contributed by atoms with E-state index in [0.717, 1.165) is 16.3 Å². The zero-order valence-electron chi connectivity index (χ0n) is 20.0. The number of phenols is 1. The summed E-state index contributed by atoms with van der Waals surface area (Å²) < 4.78 is 12.9. The molecule has 182 valence electrons. The van der Waals surface area contributed by atoms with E-state index in [0.29, 0.717) is 31.9 Å². The van der Waals surface area contributed by atoms with Gasteiger partial charge in [0.05, 0.1) is 35.6 Å². The van der Waals surface area contributed by atoms with Crippen LogP contribution in [0.4, 0.5) is 0 Å². The molecule has 0 amide bonds. The third-order valence-electron chi connectivity index (χ3n) is 6.17. The predicted octanol–water partition coefficient (Wildman–Crippen LogP) is 3.67. The number of allylic oxidation sites excluding steroid dienone is 1. The number of aromatic hydroxyl groups is 1. The zero-order chi connectivity index (χ0) is 25.4. The van der Waals surface area contributed by atoms with Gasteiger partial charge in [0.1, 0.15) is 11.5 Å². The maximum absolute atomic E-state index is 13.8. The summed E-state index contributed by atoms with van der Waals surface area (Å²) in [6, 6.07) is 17.5. The first-order valence-electron chi connectivity index (χ1n) is 11.5. The molecule has 1 aromatic heterocycles. The molecule has 0 spiro atoms. The summed E-state index contributed by atoms with van der Waals surface area (Å²) in [5, 5.41) is 12.0. The van der Waals surface area contributed by atoms with Crippen molar-refractivity contribution in [2.24, 2.45) is 4.99 Å². The number of phenolic OH excluding ortho intramolecular Hbond substituents is 1. The molecule has 0 saturated heterocycles. The molecular formula is C28H24N2O5S. The lowest BCUT2D eigenvalue weighted by atomic mass is 9.91. The van der Waals surface area contributed by atoms with Gasteiger partial charge in [-0.15, -0.1) is 0 Å². The summed E-state index contributed by atoms with van der Waals surface area (Å²) >= 11 is 1.21. The fourth-order valence-electron chi connectivity index (χ4n) is 4.55. The SMILES string of the molecule is CCOC(=O)C1=C(C)N=c2sc(=Cc3ccccc3O)c(=O)n2[C@H]1c1ccc(OC)c2ccccc12. The summed E-state index contributed by atoms with van der Waals surface area (Å²) in [7, 11) is 1.61. The average molecular weight is 501 g/mol. The van der Waals surface area contributed by atoms with Crippen LogP contribution in [-0.2, 0) is 9.53 Å². The highest BCUT2D eigenvalue weighted by molar-refractivity contribution is 7.07. The van der Waals surface area contributed by atoms with Crippen molar-refractivity contribution in [1.82, 2.24) is 4.57 Å². The molecule has 0 aliphatic carbocycles. The van der Waals surface area contributed by atoms with E-state index in [1.54, 1.807) is 55.9 Å². The molecule has 1 aliphatic rings. The van der Waals surface area contributed by atoms with Crippen LogP contribution in [0, 0.1) is 0 Å². The van der Waals surface area contributed by atoms with Crippen molar-refractivity contribution in [2.45, 2.75) is 19.9 Å². The van der Waals surface area contributed by atoms with Crippen LogP contribution in [0.3, 0.4) is 0 Å². The zero-order valence-corrected chi connectivity index (χ0v) is 20.8. The Kier molecular flexibility index (Phi) is 6.20. The second-order valence-corrected chi connectivity index (χ2v) is 9.27. The van der Waals surface area contributed by atoms with E-state index in [1.165, 1.54) is 11.3 Å². The Labute approximate surface area is 210 Å². The smallest absolute Gasteiger partial charge is 0.338 e. The second kappa shape index (κ2) is 9.47. The van der Waals surface area contributed by atoms with Crippen molar-refractivity contribution in [3.63, 3.8) is 0 Å². The first kappa shape index (κ1) is 23.6. The summed E-state index contributed by atoms with van der Waals surface area (Å²) in [5.74, 6) is 0.253. The molecule has 5 rings (SSSR count). The van der Waals surface area contributed by atoms with Crippen molar-refractivity contribution in [3.05, 3.63) is 103 Å². The largest absolute Gasteiger partial charge is 0.507 e. The van der Waals surface area contributed by atoms with Crippen LogP contribution in [0.2, 0.25) is 0 Å². The molecule has 1 N–H and O–H groups in total. The molecule has 1 aliphatic heterocycles. The van der Waals surface area contributed by atoms with Crippen LogP contribution in [0.15, 0.2) is 81.7 Å². The summed E-state index contributed by atoms with van der Waals surface area (Å²) in [6.07, 6.45) is 1.64. The molecule has 0 fully saturated rings. The molecule has 0 bridgehead atoms. The standard InChI is InChI=1S/C28H24N2O5S/c1-4-35-27(33)24-16(2)29-28-30(26(32)23(36-28)15-17-9-5-8-12-21(17)31)25(24)20-13-14-22(34-3)19-11-7-6-10-18(19)20/h5-15,25,31H,4H2,1-3H3/t25-/m0/s1. The maximum atomic E-state index is 13.8. The van der Waals surface area contributed by atoms with E-state index < -0.39 is 12.0 Å². The highest BCUT2D eigenvalue weighted by Crippen LogP contribution is 2.37. The average Bonchev–Trinajstić information content (AvgIpc) is 3.18. The molecule has 0 unspecified atom stereocenters. The number of para-hydroxylation sites is 1. The Morgan fingerprint density at radius 1 is 1.11 bits per heavy atom. The fraction of sp³-hybridized carbons (Fsp3) is 0.179. The Bertz CT molecular complexity index is 1710. The number of hydrogen-bond donors (Lipinski definition) is 1. The highest BCUT2D eigenvalue weighted by Gasteiger charge is 2.34. The summed E-state index contributed by atoms with van der Waals surface area (Å²) in [5.41, 5.74) is 1.79. The molecule has 1 atom stereocenters. The van der Waals surface area contributed by atoms with E-state index in [2.05, 4.69) is 4.99 Å². The van der Waals surface area contributed by atoms with Gasteiger partial charge >= 0.3 is 5.97 Å². The van der Waals surface area contributed by atoms with E-state index >= 15 is 0 Å². The van der Waals surface area contributed by atoms with Gasteiger partial charge in [0.2, 0.25) is 0 Å². The van der Waals surface area contributed by atoms with Crippen LogP contribution in [-0.4, -0.2) is 29.4 Å². The van der Waals surface area contributed by atoms with E-state index in [1.807, 2.05) is 36.4 Å². The monoisotopic (exact) mass is 500 g/mol. The van der Waals surface area contributed by atoms with Crippen LogP contribution < -0.4 is 19.6 Å². The molecule has 4 aromatic rings. The Balaban J connectivity index is 1.83. The molecular weight excluding hydrogens is 476 g/mol. The van der Waals surface area contributed by atoms with Gasteiger partial charge in [0.15, 0.2) is 4.80 Å². The number of rotatable bonds is 5. The topological polar surface area (TPSA) is 90.1 Å². The number of fused-ring (bicyclic) bond motifs is 2. The second-order valence-electron chi connectivity index (χ2n) is 8.26. The highest BCUT2D eigenvalue weighted by atomic mass is 32.1. The van der Waals surface area contributed by atoms with Gasteiger partial charge < -0.3 is 14.6 Å². The Morgan fingerprint density at radius 3 is 2.56 bits per heavy atom. The van der Waals surface area contributed by atoms with E-state index in [4.69, 9.17) is 9.47 Å². The number of hydrogen-bond acceptors (Lipinski definition) is 7. The molecule has 7 nitrogen and oxygen atoms in total. The Morgan fingerprint density at radius 2 is 1.83 bits per heavy atom. The molecule has 8 heteroatoms. The van der Waals surface area contributed by atoms with Crippen LogP contribution >= 0.6 is 11.3 Å². The minimum atomic E-state index is -0.748. The van der Waals surface area contributed by atoms with Crippen molar-refractivity contribution in [2.75, 3.05) is 13.7 Å². The fourth-order valence-corrected chi connectivity index (χ4v) is 5.59. The van der Waals surface area contributed by atoms with Crippen molar-refractivity contribution in [3.8, 4) is 11.5 Å².